The lowest BCUT2D eigenvalue weighted by Crippen LogP contribution is -2.54. The maximum absolute atomic E-state index is 12.6. The number of amides is 2. The van der Waals surface area contributed by atoms with E-state index in [1.54, 1.807) is 11.8 Å². The number of unbranched alkanes of at least 4 members (excludes halogenated alkanes) is 3. The van der Waals surface area contributed by atoms with Crippen LogP contribution in [-0.4, -0.2) is 22.3 Å². The molecule has 1 saturated heterocycles. The van der Waals surface area contributed by atoms with E-state index in [1.807, 2.05) is 24.3 Å². The quantitative estimate of drug-likeness (QED) is 0.457. The monoisotopic (exact) mass is 332 g/mol. The van der Waals surface area contributed by atoms with Crippen LogP contribution in [0, 0.1) is 5.92 Å². The zero-order valence-electron chi connectivity index (χ0n) is 13.5. The highest BCUT2D eigenvalue weighted by Gasteiger charge is 2.67. The van der Waals surface area contributed by atoms with Crippen molar-refractivity contribution in [1.29, 1.82) is 0 Å². The molecular formula is C18H24N2O2S. The van der Waals surface area contributed by atoms with Gasteiger partial charge in [0.05, 0.1) is 5.92 Å². The number of nitrogens with one attached hydrogen (secondary N) is 1. The number of rotatable bonds is 7. The molecule has 1 aromatic carbocycles. The van der Waals surface area contributed by atoms with Gasteiger partial charge < -0.3 is 5.73 Å². The van der Waals surface area contributed by atoms with Crippen molar-refractivity contribution >= 4 is 29.3 Å². The average molecular weight is 332 g/mol. The number of anilines is 1. The number of nitrogens with two attached hydrogens (primary N) is 1. The molecule has 0 radical (unpaired) electrons. The maximum Gasteiger partial charge on any atom is 0.244 e. The van der Waals surface area contributed by atoms with Crippen molar-refractivity contribution in [2.45, 2.75) is 49.7 Å². The number of carbonyl (C=O) groups excluding carboxylic acids is 2. The van der Waals surface area contributed by atoms with Crippen LogP contribution in [0.1, 0.15) is 50.5 Å². The van der Waals surface area contributed by atoms with Crippen LogP contribution in [0.15, 0.2) is 24.3 Å². The van der Waals surface area contributed by atoms with Gasteiger partial charge in [0.25, 0.3) is 0 Å². The zero-order valence-corrected chi connectivity index (χ0v) is 14.3. The molecular weight excluding hydrogens is 308 g/mol. The maximum atomic E-state index is 12.6. The molecule has 1 heterocycles. The van der Waals surface area contributed by atoms with Crippen LogP contribution in [0.3, 0.4) is 0 Å². The van der Waals surface area contributed by atoms with E-state index in [1.165, 1.54) is 19.3 Å². The summed E-state index contributed by atoms with van der Waals surface area (Å²) in [7, 11) is 0. The van der Waals surface area contributed by atoms with E-state index < -0.39 is 4.75 Å². The molecule has 1 aliphatic carbocycles. The van der Waals surface area contributed by atoms with Gasteiger partial charge in [0.1, 0.15) is 4.75 Å². The van der Waals surface area contributed by atoms with Gasteiger partial charge in [0.15, 0.2) is 0 Å². The third-order valence-electron chi connectivity index (χ3n) is 5.09. The summed E-state index contributed by atoms with van der Waals surface area (Å²) in [5.41, 5.74) is 7.60. The number of thioether (sulfide) groups is 1. The molecule has 4 nitrogen and oxygen atoms in total. The second-order valence-corrected chi connectivity index (χ2v) is 7.90. The van der Waals surface area contributed by atoms with Gasteiger partial charge in [-0.3, -0.25) is 14.9 Å². The fourth-order valence-corrected chi connectivity index (χ4v) is 5.44. The molecule has 23 heavy (non-hydrogen) atoms. The highest BCUT2D eigenvalue weighted by atomic mass is 32.2. The van der Waals surface area contributed by atoms with Crippen LogP contribution in [0.2, 0.25) is 0 Å². The van der Waals surface area contributed by atoms with Crippen molar-refractivity contribution in [2.24, 2.45) is 5.92 Å². The summed E-state index contributed by atoms with van der Waals surface area (Å²) in [5.74, 6) is 0.677. The summed E-state index contributed by atoms with van der Waals surface area (Å²) in [5, 5.41) is 2.56. The van der Waals surface area contributed by atoms with E-state index in [0.717, 1.165) is 29.8 Å². The number of hydrogen-bond acceptors (Lipinski definition) is 4. The third-order valence-corrected chi connectivity index (χ3v) is 6.82. The van der Waals surface area contributed by atoms with Gasteiger partial charge in [0, 0.05) is 11.6 Å². The minimum atomic E-state index is -0.598. The van der Waals surface area contributed by atoms with Gasteiger partial charge in [-0.25, -0.2) is 0 Å². The molecule has 2 aliphatic rings. The highest BCUT2D eigenvalue weighted by molar-refractivity contribution is 8.01. The molecule has 3 atom stereocenters. The first-order valence-corrected chi connectivity index (χ1v) is 9.42. The Morgan fingerprint density at radius 3 is 2.57 bits per heavy atom. The minimum Gasteiger partial charge on any atom is -0.399 e. The Morgan fingerprint density at radius 1 is 1.17 bits per heavy atom. The Labute approximate surface area is 141 Å². The van der Waals surface area contributed by atoms with Crippen molar-refractivity contribution in [3.05, 3.63) is 29.8 Å². The minimum absolute atomic E-state index is 0.0947. The predicted molar refractivity (Wildman–Crippen MR) is 94.2 cm³/mol. The summed E-state index contributed by atoms with van der Waals surface area (Å²) < 4.78 is -0.598. The van der Waals surface area contributed by atoms with Crippen LogP contribution in [0.4, 0.5) is 5.69 Å². The Morgan fingerprint density at radius 2 is 1.91 bits per heavy atom. The Kier molecular flexibility index (Phi) is 4.67. The predicted octanol–water partition coefficient (Wildman–Crippen LogP) is 3.08. The zero-order chi connectivity index (χ0) is 16.4. The molecule has 1 unspecified atom stereocenters. The molecule has 1 aliphatic heterocycles. The molecule has 124 valence electrons. The van der Waals surface area contributed by atoms with Crippen molar-refractivity contribution in [2.75, 3.05) is 11.5 Å². The number of benzene rings is 1. The number of imide groups is 1. The van der Waals surface area contributed by atoms with Gasteiger partial charge in [-0.05, 0) is 36.3 Å². The lowest BCUT2D eigenvalue weighted by atomic mass is 9.62. The van der Waals surface area contributed by atoms with Gasteiger partial charge >= 0.3 is 0 Å². The molecule has 3 N–H and O–H groups in total. The van der Waals surface area contributed by atoms with E-state index in [9.17, 15) is 9.59 Å². The Hall–Kier alpha value is -1.49. The van der Waals surface area contributed by atoms with E-state index in [0.29, 0.717) is 0 Å². The van der Waals surface area contributed by atoms with E-state index >= 15 is 0 Å². The molecule has 0 bridgehead atoms. The van der Waals surface area contributed by atoms with Gasteiger partial charge in [-0.2, -0.15) is 0 Å². The van der Waals surface area contributed by atoms with Crippen molar-refractivity contribution in [1.82, 2.24) is 5.32 Å². The van der Waals surface area contributed by atoms with Crippen molar-refractivity contribution in [3.63, 3.8) is 0 Å². The van der Waals surface area contributed by atoms with Gasteiger partial charge in [-0.15, -0.1) is 11.8 Å². The fraction of sp³-hybridized carbons (Fsp3) is 0.556. The van der Waals surface area contributed by atoms with Crippen LogP contribution in [0.25, 0.3) is 0 Å². The summed E-state index contributed by atoms with van der Waals surface area (Å²) >= 11 is 1.69. The van der Waals surface area contributed by atoms with E-state index in [-0.39, 0.29) is 23.7 Å². The highest BCUT2D eigenvalue weighted by Crippen LogP contribution is 2.61. The second kappa shape index (κ2) is 6.56. The summed E-state index contributed by atoms with van der Waals surface area (Å²) in [6.07, 6.45) is 5.47. The first-order chi connectivity index (χ1) is 11.1. The number of carbonyl (C=O) groups is 2. The molecule has 1 aromatic rings. The standard InChI is InChI=1S/C18H24N2O2S/c1-2-3-4-5-10-23-18-14(12-6-8-13(19)9-7-12)11-15(18)16(21)20-17(18)22/h6-9,14-15H,2-5,10-11,19H2,1H3,(H,20,21,22)/t14?,15-,18+/m1/s1. The number of nitrogen functional groups attached to an aromatic ring is 1. The number of fused-ring (bicyclic) bond motifs is 1. The van der Waals surface area contributed by atoms with E-state index in [4.69, 9.17) is 5.73 Å². The largest absolute Gasteiger partial charge is 0.399 e. The molecule has 2 amide bonds. The Balaban J connectivity index is 1.76. The molecule has 0 spiro atoms. The lowest BCUT2D eigenvalue weighted by Gasteiger charge is -2.48. The topological polar surface area (TPSA) is 72.2 Å². The first kappa shape index (κ1) is 16.4. The van der Waals surface area contributed by atoms with Crippen molar-refractivity contribution < 1.29 is 9.59 Å². The molecule has 5 heteroatoms. The first-order valence-electron chi connectivity index (χ1n) is 8.44. The van der Waals surface area contributed by atoms with E-state index in [2.05, 4.69) is 12.2 Å². The van der Waals surface area contributed by atoms with Gasteiger partial charge in [-0.1, -0.05) is 38.3 Å². The average Bonchev–Trinajstić information content (AvgIpc) is 2.68. The van der Waals surface area contributed by atoms with Crippen molar-refractivity contribution in [3.8, 4) is 0 Å². The lowest BCUT2D eigenvalue weighted by molar-refractivity contribution is -0.125. The van der Waals surface area contributed by atoms with Crippen LogP contribution in [-0.2, 0) is 9.59 Å². The summed E-state index contributed by atoms with van der Waals surface area (Å²) in [6, 6.07) is 7.73. The number of hydrogen-bond donors (Lipinski definition) is 2. The third kappa shape index (κ3) is 2.75. The van der Waals surface area contributed by atoms with Crippen LogP contribution < -0.4 is 11.1 Å². The van der Waals surface area contributed by atoms with Crippen LogP contribution >= 0.6 is 11.8 Å². The van der Waals surface area contributed by atoms with Crippen LogP contribution in [0.5, 0.6) is 0 Å². The smallest absolute Gasteiger partial charge is 0.244 e. The molecule has 2 fully saturated rings. The molecule has 3 rings (SSSR count). The molecule has 0 aromatic heterocycles. The fourth-order valence-electron chi connectivity index (χ4n) is 3.73. The second-order valence-electron chi connectivity index (χ2n) is 6.53. The van der Waals surface area contributed by atoms with Gasteiger partial charge in [0.2, 0.25) is 11.8 Å². The SMILES string of the molecule is CCCCCCS[C@]12C(=O)NC(=O)[C@H]1CC2c1ccc(N)cc1. The summed E-state index contributed by atoms with van der Waals surface area (Å²) in [6.45, 7) is 2.19. The molecule has 1 saturated carbocycles. The summed E-state index contributed by atoms with van der Waals surface area (Å²) in [4.78, 5) is 24.6. The normalized spacial score (nSPS) is 29.1. The Bertz CT molecular complexity index is 602.